The summed E-state index contributed by atoms with van der Waals surface area (Å²) in [4.78, 5) is 29.3. The normalized spacial score (nSPS) is 12.9. The molecule has 13 heterocycles. The van der Waals surface area contributed by atoms with Crippen LogP contribution in [0.1, 0.15) is 444 Å². The van der Waals surface area contributed by atoms with Crippen LogP contribution in [0.4, 0.5) is 0 Å². The van der Waals surface area contributed by atoms with Crippen LogP contribution in [0.2, 0.25) is 0 Å². The molecular formula is C97H238N18O5S4. The van der Waals surface area contributed by atoms with E-state index in [9.17, 15) is 0 Å². The smallest absolute Gasteiger partial charge is 0.192 e. The van der Waals surface area contributed by atoms with Gasteiger partial charge in [-0.1, -0.05) is 382 Å². The molecule has 0 amide bonds. The van der Waals surface area contributed by atoms with Gasteiger partial charge in [-0.05, 0) is 100 Å². The first-order valence-electron chi connectivity index (χ1n) is 50.7. The Morgan fingerprint density at radius 3 is 0.734 bits per heavy atom. The zero-order valence-corrected chi connectivity index (χ0v) is 97.3. The summed E-state index contributed by atoms with van der Waals surface area (Å²) < 4.78 is 21.2. The van der Waals surface area contributed by atoms with Gasteiger partial charge in [-0.3, -0.25) is 20.0 Å². The van der Waals surface area contributed by atoms with Crippen molar-refractivity contribution in [2.75, 3.05) is 115 Å². The van der Waals surface area contributed by atoms with E-state index in [4.69, 9.17) is 9.47 Å². The highest BCUT2D eigenvalue weighted by molar-refractivity contribution is 8.12. The van der Waals surface area contributed by atoms with Crippen molar-refractivity contribution in [2.24, 2.45) is 58.8 Å². The van der Waals surface area contributed by atoms with E-state index >= 15 is 0 Å². The molecule has 6 N–H and O–H groups in total. The number of oxime groups is 3. The average molecular weight is 1870 g/mol. The summed E-state index contributed by atoms with van der Waals surface area (Å²) in [5.41, 5.74) is 13.2. The lowest BCUT2D eigenvalue weighted by atomic mass is 10.3. The molecule has 0 spiro atoms. The van der Waals surface area contributed by atoms with Crippen molar-refractivity contribution in [3.8, 4) is 0 Å². The topological polar surface area (TPSA) is 267 Å². The first kappa shape index (κ1) is 192. The monoisotopic (exact) mass is 1860 g/mol. The van der Waals surface area contributed by atoms with Gasteiger partial charge in [0.15, 0.2) is 12.8 Å². The number of rotatable bonds is 0. The third-order valence-corrected chi connectivity index (χ3v) is 11.0. The molecule has 0 aromatic carbocycles. The van der Waals surface area contributed by atoms with Crippen LogP contribution in [-0.4, -0.2) is 189 Å². The van der Waals surface area contributed by atoms with E-state index in [-0.39, 0.29) is 0 Å². The standard InChI is InChI=1S/2C4H8N2.2C4H7NO.2C4H7NS.C3H6N2O.2C3H6N2.2C3H5NO.2C3H5NS.26C2H6/c1-2-5-4-6-3-1;1-2-4-6-5-3-1;1-2-5-4-6-3-1;1-2-4-6-5-3-1;1-2-5-4-6-3-1;1-2-4-6-5-3-1;1-2-6-3-5-4-1;1-2-5-3-4-1;5*1-2-4-5-3-1;26*1-2/h4H,1-3H2,(H,5,6);3,6H,1-2,4H2;4H,1-3H2;3H,1-2,4H2;4H,1-3H2;3H,1-2,4H2;3-4H,1-2H2;3H,1-2H2,(H,4,5);1-2,4-5H,3H2;4*2H,1,3H2;26*1-2H3. The van der Waals surface area contributed by atoms with E-state index in [1.807, 2.05) is 403 Å². The lowest BCUT2D eigenvalue weighted by Crippen LogP contribution is -2.19. The highest BCUT2D eigenvalue weighted by atomic mass is 32.2. The van der Waals surface area contributed by atoms with Gasteiger partial charge in [0, 0.05) is 138 Å². The molecule has 13 aliphatic heterocycles. The SMILES string of the molecule is C1=CNNC1.C1=NCCCN1.C1=NCCCO1.C1=NCCCS1.C1=NCCN1.C1=NNCCC1.C1=NNCCO1.C1=NOCC1.C1=NOCC1.C1=NOCCC1.C1=NSCC1.C1=NSCC1.C1=NSCCC1.CC.CC.CC.CC.CC.CC.CC.CC.CC.CC.CC.CC.CC.CC.CC.CC.CC.CC.CC.CC.CC.CC.CC.CC.CC.CC. The molecule has 0 radical (unpaired) electrons. The number of nitrogens with one attached hydrogen (secondary N) is 6. The number of ether oxygens (including phenoxy) is 2. The minimum atomic E-state index is 0.740. The molecule has 0 saturated carbocycles. The van der Waals surface area contributed by atoms with Crippen LogP contribution in [0.25, 0.3) is 0 Å². The summed E-state index contributed by atoms with van der Waals surface area (Å²) in [6.07, 6.45) is 38.4. The lowest BCUT2D eigenvalue weighted by molar-refractivity contribution is 0.134. The first-order valence-corrected chi connectivity index (χ1v) is 54.6. The molecule has 23 nitrogen and oxygen atoms in total. The maximum absolute atomic E-state index is 4.78. The van der Waals surface area contributed by atoms with Gasteiger partial charge >= 0.3 is 0 Å². The van der Waals surface area contributed by atoms with Crippen molar-refractivity contribution in [3.63, 3.8) is 0 Å². The molecule has 0 unspecified atom stereocenters. The zero-order valence-electron chi connectivity index (χ0n) is 94.0. The second-order valence-electron chi connectivity index (χ2n) is 14.3. The first-order chi connectivity index (χ1) is 62.0. The summed E-state index contributed by atoms with van der Waals surface area (Å²) in [5, 5.41) is 23.8. The lowest BCUT2D eigenvalue weighted by Gasteiger charge is -2.03. The Hall–Kier alpha value is -4.86. The summed E-state index contributed by atoms with van der Waals surface area (Å²) >= 11 is 6.75. The van der Waals surface area contributed by atoms with Crippen LogP contribution in [0.5, 0.6) is 0 Å². The Morgan fingerprint density at radius 2 is 0.645 bits per heavy atom. The van der Waals surface area contributed by atoms with E-state index < -0.39 is 0 Å². The maximum Gasteiger partial charge on any atom is 0.192 e. The summed E-state index contributed by atoms with van der Waals surface area (Å²) in [6, 6.07) is 0. The summed E-state index contributed by atoms with van der Waals surface area (Å²) in [5.74, 6) is 4.88. The van der Waals surface area contributed by atoms with E-state index in [0.717, 1.165) is 130 Å². The fourth-order valence-corrected chi connectivity index (χ4v) is 6.77. The fraction of sp³-hybridized carbons (Fsp3) is 0.856. The van der Waals surface area contributed by atoms with Gasteiger partial charge in [-0.2, -0.15) is 5.10 Å². The van der Waals surface area contributed by atoms with Crippen LogP contribution in [0, 0.1) is 0 Å². The molecule has 0 atom stereocenters. The van der Waals surface area contributed by atoms with E-state index in [1.54, 1.807) is 78.9 Å². The number of aliphatic imine (C=N–C) groups is 4. The largest absolute Gasteiger partial charge is 0.483 e. The van der Waals surface area contributed by atoms with Crippen molar-refractivity contribution in [1.29, 1.82) is 0 Å². The van der Waals surface area contributed by atoms with Gasteiger partial charge in [0.05, 0.1) is 37.9 Å². The molecule has 13 rings (SSSR count). The van der Waals surface area contributed by atoms with E-state index in [1.165, 1.54) is 80.8 Å². The van der Waals surface area contributed by atoms with Crippen molar-refractivity contribution in [2.45, 2.75) is 444 Å². The van der Waals surface area contributed by atoms with Gasteiger partial charge in [-0.25, -0.2) is 18.6 Å². The number of hydrogen-bond donors (Lipinski definition) is 6. The Morgan fingerprint density at radius 1 is 0.266 bits per heavy atom. The predicted octanol–water partition coefficient (Wildman–Crippen LogP) is 32.7. The molecule has 0 fully saturated rings. The number of hydrogen-bond acceptors (Lipinski definition) is 27. The Balaban J connectivity index is -0.0000000335. The summed E-state index contributed by atoms with van der Waals surface area (Å²) in [7, 11) is 0. The van der Waals surface area contributed by atoms with Crippen molar-refractivity contribution in [1.82, 2.24) is 32.3 Å². The number of thioether (sulfide) groups is 1. The molecule has 13 aliphatic rings. The second kappa shape index (κ2) is 360. The minimum absolute atomic E-state index is 0.740. The minimum Gasteiger partial charge on any atom is -0.483 e. The molecule has 0 bridgehead atoms. The third-order valence-electron chi connectivity index (χ3n) is 8.02. The van der Waals surface area contributed by atoms with Gasteiger partial charge in [-0.15, -0.1) is 16.9 Å². The number of hydrazine groups is 1. The van der Waals surface area contributed by atoms with Crippen LogP contribution in [0.3, 0.4) is 0 Å². The predicted molar refractivity (Wildman–Crippen MR) is 608 cm³/mol. The van der Waals surface area contributed by atoms with Gasteiger partial charge in [0.1, 0.15) is 26.4 Å². The van der Waals surface area contributed by atoms with Gasteiger partial charge in [0.25, 0.3) is 0 Å². The molecule has 0 aromatic heterocycles. The van der Waals surface area contributed by atoms with Crippen LogP contribution < -0.4 is 32.3 Å². The molecule has 0 saturated heterocycles. The zero-order chi connectivity index (χ0) is 103. The van der Waals surface area contributed by atoms with Crippen LogP contribution >= 0.6 is 47.6 Å². The fourth-order valence-electron chi connectivity index (χ4n) is 4.49. The number of hydrazone groups is 2. The van der Waals surface area contributed by atoms with Crippen molar-refractivity contribution in [3.05, 3.63) is 12.3 Å². The second-order valence-corrected chi connectivity index (χ2v) is 17.9. The highest BCUT2D eigenvalue weighted by Gasteiger charge is 1.93. The molecule has 770 valence electrons. The Kier molecular flexibility index (Phi) is 556. The molecule has 0 aliphatic carbocycles. The van der Waals surface area contributed by atoms with Crippen molar-refractivity contribution < 1.29 is 24.0 Å². The molecule has 27 heteroatoms. The van der Waals surface area contributed by atoms with Crippen LogP contribution in [-0.2, 0) is 24.0 Å². The number of nitrogens with zero attached hydrogens (tertiary/aromatic N) is 12. The quantitative estimate of drug-likeness (QED) is 0.123. The highest BCUT2D eigenvalue weighted by Crippen LogP contribution is 2.10. The Labute approximate surface area is 803 Å². The van der Waals surface area contributed by atoms with Gasteiger partial charge < -0.3 is 50.9 Å². The average Bonchev–Trinajstić information content (AvgIpc) is 2.15. The molecule has 0 aromatic rings. The van der Waals surface area contributed by atoms with Crippen LogP contribution in [0.15, 0.2) is 71.1 Å². The molecular weight excluding hydrogens is 1630 g/mol. The van der Waals surface area contributed by atoms with E-state index in [0.29, 0.717) is 0 Å². The molecule has 124 heavy (non-hydrogen) atoms. The maximum atomic E-state index is 4.78. The summed E-state index contributed by atoms with van der Waals surface area (Å²) in [6.45, 7) is 117. The van der Waals surface area contributed by atoms with E-state index in [2.05, 4.69) is 106 Å². The van der Waals surface area contributed by atoms with Crippen molar-refractivity contribution >= 4 is 122 Å². The van der Waals surface area contributed by atoms with Gasteiger partial charge in [0.2, 0.25) is 0 Å². The third kappa shape index (κ3) is 351. The Bertz CT molecular complexity index is 1190.